The van der Waals surface area contributed by atoms with E-state index in [0.717, 1.165) is 23.2 Å². The highest BCUT2D eigenvalue weighted by Crippen LogP contribution is 2.16. The number of carbonyl (C=O) groups is 2. The second-order valence-electron chi connectivity index (χ2n) is 6.48. The Bertz CT molecular complexity index is 974. The monoisotopic (exact) mass is 377 g/mol. The van der Waals surface area contributed by atoms with Crippen LogP contribution in [-0.2, 0) is 9.59 Å². The number of rotatable bonds is 7. The fraction of sp³-hybridized carbons (Fsp3) is 0.227. The van der Waals surface area contributed by atoms with Gasteiger partial charge < -0.3 is 14.6 Å². The largest absolute Gasteiger partial charge is 0.437 e. The Hall–Kier alpha value is -3.41. The van der Waals surface area contributed by atoms with Crippen LogP contribution in [0.3, 0.4) is 0 Å². The minimum absolute atomic E-state index is 0.0150. The minimum Gasteiger partial charge on any atom is -0.437 e. The van der Waals surface area contributed by atoms with Gasteiger partial charge in [-0.3, -0.25) is 9.59 Å². The number of benzene rings is 2. The molecule has 0 aliphatic carbocycles. The van der Waals surface area contributed by atoms with E-state index in [1.807, 2.05) is 62.4 Å². The van der Waals surface area contributed by atoms with E-state index < -0.39 is 0 Å². The summed E-state index contributed by atoms with van der Waals surface area (Å²) in [5, 5.41) is 2.86. The lowest BCUT2D eigenvalue weighted by Crippen LogP contribution is -2.37. The van der Waals surface area contributed by atoms with Gasteiger partial charge in [-0.1, -0.05) is 37.3 Å². The van der Waals surface area contributed by atoms with E-state index in [0.29, 0.717) is 18.0 Å². The smallest absolute Gasteiger partial charge is 0.247 e. The molecule has 3 rings (SSSR count). The Morgan fingerprint density at radius 3 is 2.64 bits per heavy atom. The van der Waals surface area contributed by atoms with Crippen molar-refractivity contribution in [1.82, 2.24) is 9.88 Å². The van der Waals surface area contributed by atoms with Crippen molar-refractivity contribution in [2.24, 2.45) is 0 Å². The van der Waals surface area contributed by atoms with Gasteiger partial charge >= 0.3 is 0 Å². The quantitative estimate of drug-likeness (QED) is 0.631. The highest BCUT2D eigenvalue weighted by molar-refractivity contribution is 5.98. The van der Waals surface area contributed by atoms with Crippen molar-refractivity contribution in [3.05, 3.63) is 66.1 Å². The highest BCUT2D eigenvalue weighted by atomic mass is 16.3. The number of para-hydroxylation sites is 3. The molecule has 0 fully saturated rings. The molecule has 0 saturated carbocycles. The first-order valence-corrected chi connectivity index (χ1v) is 9.25. The molecule has 0 aliphatic heterocycles. The Kier molecular flexibility index (Phi) is 6.22. The number of aromatic nitrogens is 1. The molecule has 0 bridgehead atoms. The van der Waals surface area contributed by atoms with E-state index in [9.17, 15) is 9.59 Å². The maximum atomic E-state index is 12.6. The first-order chi connectivity index (χ1) is 13.6. The number of carbonyl (C=O) groups excluding carboxylic acids is 2. The summed E-state index contributed by atoms with van der Waals surface area (Å²) < 4.78 is 5.58. The van der Waals surface area contributed by atoms with Crippen LogP contribution in [0.1, 0.15) is 24.8 Å². The second kappa shape index (κ2) is 8.99. The molecule has 2 amide bonds. The summed E-state index contributed by atoms with van der Waals surface area (Å²) >= 11 is 0. The van der Waals surface area contributed by atoms with Crippen LogP contribution in [0.5, 0.6) is 0 Å². The van der Waals surface area contributed by atoms with Gasteiger partial charge in [-0.15, -0.1) is 0 Å². The normalized spacial score (nSPS) is 11.1. The highest BCUT2D eigenvalue weighted by Gasteiger charge is 2.15. The molecule has 6 heteroatoms. The van der Waals surface area contributed by atoms with Crippen LogP contribution in [0.25, 0.3) is 17.2 Å². The zero-order valence-corrected chi connectivity index (χ0v) is 16.0. The van der Waals surface area contributed by atoms with Crippen LogP contribution in [0.2, 0.25) is 0 Å². The molecule has 28 heavy (non-hydrogen) atoms. The van der Waals surface area contributed by atoms with Crippen molar-refractivity contribution in [2.45, 2.75) is 20.3 Å². The molecule has 0 spiro atoms. The molecule has 0 aliphatic rings. The third-order valence-electron chi connectivity index (χ3n) is 4.24. The molecule has 1 N–H and O–H groups in total. The summed E-state index contributed by atoms with van der Waals surface area (Å²) in [4.78, 5) is 30.8. The molecular formula is C22H23N3O3. The molecule has 1 aromatic heterocycles. The van der Waals surface area contributed by atoms with Crippen LogP contribution in [0.4, 0.5) is 5.69 Å². The Morgan fingerprint density at radius 1 is 1.14 bits per heavy atom. The lowest BCUT2D eigenvalue weighted by molar-refractivity contribution is -0.130. The SMILES string of the molecule is CCCN(CC(=O)Nc1ccccc1C)C(=O)/C=C/c1nc2ccccc2o1. The standard InChI is InChI=1S/C22H23N3O3/c1-3-14-25(15-20(26)23-17-9-5-4-8-16(17)2)22(27)13-12-21-24-18-10-6-7-11-19(18)28-21/h4-13H,3,14-15H2,1-2H3,(H,23,26)/b13-12+. The van der Waals surface area contributed by atoms with Gasteiger partial charge in [-0.2, -0.15) is 0 Å². The van der Waals surface area contributed by atoms with E-state index >= 15 is 0 Å². The number of amides is 2. The number of nitrogens with one attached hydrogen (secondary N) is 1. The van der Waals surface area contributed by atoms with Gasteiger partial charge in [-0.25, -0.2) is 4.98 Å². The number of nitrogens with zero attached hydrogens (tertiary/aromatic N) is 2. The molecule has 0 radical (unpaired) electrons. The molecule has 144 valence electrons. The number of hydrogen-bond donors (Lipinski definition) is 1. The number of aryl methyl sites for hydroxylation is 1. The van der Waals surface area contributed by atoms with Crippen LogP contribution >= 0.6 is 0 Å². The second-order valence-corrected chi connectivity index (χ2v) is 6.48. The predicted octanol–water partition coefficient (Wildman–Crippen LogP) is 4.03. The average Bonchev–Trinajstić information content (AvgIpc) is 3.10. The van der Waals surface area contributed by atoms with Crippen molar-refractivity contribution in [1.29, 1.82) is 0 Å². The van der Waals surface area contributed by atoms with Gasteiger partial charge in [0.15, 0.2) is 5.58 Å². The average molecular weight is 377 g/mol. The Balaban J connectivity index is 1.65. The molecule has 3 aromatic rings. The summed E-state index contributed by atoms with van der Waals surface area (Å²) in [5.74, 6) is -0.134. The first-order valence-electron chi connectivity index (χ1n) is 9.25. The number of oxazole rings is 1. The number of anilines is 1. The van der Waals surface area contributed by atoms with Crippen LogP contribution in [0.15, 0.2) is 59.0 Å². The van der Waals surface area contributed by atoms with Crippen molar-refractivity contribution >= 4 is 34.7 Å². The number of hydrogen-bond acceptors (Lipinski definition) is 4. The van der Waals surface area contributed by atoms with Gasteiger partial charge in [0.1, 0.15) is 12.1 Å². The molecule has 6 nitrogen and oxygen atoms in total. The third-order valence-corrected chi connectivity index (χ3v) is 4.24. The van der Waals surface area contributed by atoms with Crippen LogP contribution in [0, 0.1) is 6.92 Å². The maximum absolute atomic E-state index is 12.6. The summed E-state index contributed by atoms with van der Waals surface area (Å²) in [6, 6.07) is 14.9. The Morgan fingerprint density at radius 2 is 1.89 bits per heavy atom. The molecule has 0 unspecified atom stereocenters. The fourth-order valence-electron chi connectivity index (χ4n) is 2.82. The van der Waals surface area contributed by atoms with Crippen LogP contribution < -0.4 is 5.32 Å². The number of fused-ring (bicyclic) bond motifs is 1. The Labute approximate surface area is 163 Å². The summed E-state index contributed by atoms with van der Waals surface area (Å²) in [6.45, 7) is 4.36. The topological polar surface area (TPSA) is 75.4 Å². The van der Waals surface area contributed by atoms with E-state index in [4.69, 9.17) is 4.42 Å². The van der Waals surface area contributed by atoms with E-state index in [-0.39, 0.29) is 18.4 Å². The zero-order chi connectivity index (χ0) is 19.9. The lowest BCUT2D eigenvalue weighted by atomic mass is 10.2. The summed E-state index contributed by atoms with van der Waals surface area (Å²) in [7, 11) is 0. The van der Waals surface area contributed by atoms with Crippen molar-refractivity contribution in [3.63, 3.8) is 0 Å². The summed E-state index contributed by atoms with van der Waals surface area (Å²) in [6.07, 6.45) is 3.67. The van der Waals surface area contributed by atoms with E-state index in [1.165, 1.54) is 17.1 Å². The van der Waals surface area contributed by atoms with Gasteiger partial charge in [-0.05, 0) is 37.1 Å². The predicted molar refractivity (Wildman–Crippen MR) is 110 cm³/mol. The molecule has 1 heterocycles. The first kappa shape index (κ1) is 19.4. The van der Waals surface area contributed by atoms with Gasteiger partial charge in [0, 0.05) is 24.4 Å². The van der Waals surface area contributed by atoms with Crippen molar-refractivity contribution in [3.8, 4) is 0 Å². The maximum Gasteiger partial charge on any atom is 0.247 e. The van der Waals surface area contributed by atoms with E-state index in [1.54, 1.807) is 0 Å². The van der Waals surface area contributed by atoms with Crippen molar-refractivity contribution in [2.75, 3.05) is 18.4 Å². The summed E-state index contributed by atoms with van der Waals surface area (Å²) in [5.41, 5.74) is 3.12. The van der Waals surface area contributed by atoms with Gasteiger partial charge in [0.05, 0.1) is 0 Å². The molecule has 0 atom stereocenters. The lowest BCUT2D eigenvalue weighted by Gasteiger charge is -2.20. The van der Waals surface area contributed by atoms with Gasteiger partial charge in [0.25, 0.3) is 0 Å². The third kappa shape index (κ3) is 4.85. The minimum atomic E-state index is -0.260. The van der Waals surface area contributed by atoms with Crippen LogP contribution in [-0.4, -0.2) is 34.8 Å². The molecule has 2 aromatic carbocycles. The fourth-order valence-corrected chi connectivity index (χ4v) is 2.82. The molecule has 0 saturated heterocycles. The molecular weight excluding hydrogens is 354 g/mol. The van der Waals surface area contributed by atoms with Crippen molar-refractivity contribution < 1.29 is 14.0 Å². The zero-order valence-electron chi connectivity index (χ0n) is 16.0. The van der Waals surface area contributed by atoms with E-state index in [2.05, 4.69) is 10.3 Å². The van der Waals surface area contributed by atoms with Gasteiger partial charge in [0.2, 0.25) is 17.7 Å².